The predicted molar refractivity (Wildman–Crippen MR) is 75.8 cm³/mol. The molecule has 1 aromatic heterocycles. The zero-order chi connectivity index (χ0) is 16.2. The largest absolute Gasteiger partial charge is 0.469 e. The lowest BCUT2D eigenvalue weighted by Gasteiger charge is -2.22. The van der Waals surface area contributed by atoms with Gasteiger partial charge in [0.05, 0.1) is 12.7 Å². The first kappa shape index (κ1) is 17.3. The fourth-order valence-corrected chi connectivity index (χ4v) is 1.89. The van der Waals surface area contributed by atoms with Crippen LogP contribution in [-0.4, -0.2) is 57.9 Å². The Balaban J connectivity index is 2.84. The Morgan fingerprint density at radius 3 is 2.76 bits per heavy atom. The summed E-state index contributed by atoms with van der Waals surface area (Å²) in [6.45, 7) is 2.52. The monoisotopic (exact) mass is 321 g/mol. The first-order valence-electron chi connectivity index (χ1n) is 5.60. The van der Waals surface area contributed by atoms with Crippen molar-refractivity contribution in [3.05, 3.63) is 10.4 Å². The van der Waals surface area contributed by atoms with Crippen molar-refractivity contribution in [3.63, 3.8) is 0 Å². The van der Waals surface area contributed by atoms with Crippen LogP contribution in [-0.2, 0) is 9.09 Å². The van der Waals surface area contributed by atoms with Gasteiger partial charge in [0, 0.05) is 13.6 Å². The molecule has 1 heterocycles. The number of nitrogen functional groups attached to an aromatic ring is 1. The number of aliphatic hydroxyl groups is 1. The number of hydrogen-bond acceptors (Lipinski definition) is 8. The van der Waals surface area contributed by atoms with E-state index in [1.807, 2.05) is 0 Å². The van der Waals surface area contributed by atoms with Gasteiger partial charge >= 0.3 is 7.82 Å². The molecule has 12 heteroatoms. The lowest BCUT2D eigenvalue weighted by Crippen LogP contribution is -2.33. The van der Waals surface area contributed by atoms with E-state index >= 15 is 0 Å². The third kappa shape index (κ3) is 5.25. The number of phosphoric ester groups is 1. The Morgan fingerprint density at radius 2 is 2.24 bits per heavy atom. The van der Waals surface area contributed by atoms with Crippen molar-refractivity contribution in [2.45, 2.75) is 6.10 Å². The average Bonchev–Trinajstić information content (AvgIpc) is 2.34. The number of nitrogens with one attached hydrogen (secondary N) is 1. The molecule has 0 aliphatic carbocycles. The van der Waals surface area contributed by atoms with Gasteiger partial charge < -0.3 is 25.5 Å². The zero-order valence-corrected chi connectivity index (χ0v) is 12.0. The molecule has 0 spiro atoms. The van der Waals surface area contributed by atoms with Crippen LogP contribution < -0.4 is 16.2 Å². The van der Waals surface area contributed by atoms with Crippen molar-refractivity contribution in [1.29, 1.82) is 0 Å². The van der Waals surface area contributed by atoms with Gasteiger partial charge in [-0.2, -0.15) is 4.98 Å². The van der Waals surface area contributed by atoms with Crippen molar-refractivity contribution in [3.8, 4) is 0 Å². The first-order chi connectivity index (χ1) is 9.64. The van der Waals surface area contributed by atoms with E-state index in [2.05, 4.69) is 26.2 Å². The van der Waals surface area contributed by atoms with Crippen LogP contribution in [0.2, 0.25) is 0 Å². The summed E-state index contributed by atoms with van der Waals surface area (Å²) in [7, 11) is -3.18. The van der Waals surface area contributed by atoms with Crippen LogP contribution in [0.4, 0.5) is 17.5 Å². The number of nitrogens with zero attached hydrogens (tertiary/aromatic N) is 3. The van der Waals surface area contributed by atoms with Crippen LogP contribution in [0.1, 0.15) is 0 Å². The number of hydrogen-bond donors (Lipinski definition) is 5. The highest BCUT2D eigenvalue weighted by molar-refractivity contribution is 7.46. The number of aromatic amines is 1. The number of aromatic nitrogens is 2. The van der Waals surface area contributed by atoms with Crippen molar-refractivity contribution in [1.82, 2.24) is 9.97 Å². The van der Waals surface area contributed by atoms with Gasteiger partial charge in [0.1, 0.15) is 0 Å². The summed E-state index contributed by atoms with van der Waals surface area (Å²) in [5.41, 5.74) is 4.74. The second-order valence-electron chi connectivity index (χ2n) is 4.10. The lowest BCUT2D eigenvalue weighted by molar-refractivity contribution is 0.0896. The van der Waals surface area contributed by atoms with E-state index in [0.717, 1.165) is 0 Å². The van der Waals surface area contributed by atoms with E-state index in [-0.39, 0.29) is 24.0 Å². The van der Waals surface area contributed by atoms with Crippen LogP contribution in [0.3, 0.4) is 0 Å². The Labute approximate surface area is 119 Å². The normalized spacial score (nSPS) is 13.0. The van der Waals surface area contributed by atoms with Gasteiger partial charge in [-0.25, -0.2) is 4.57 Å². The molecule has 1 unspecified atom stereocenters. The molecule has 1 rings (SSSR count). The van der Waals surface area contributed by atoms with E-state index in [9.17, 15) is 14.5 Å². The van der Waals surface area contributed by atoms with Gasteiger partial charge in [0.2, 0.25) is 5.95 Å². The standard InChI is InChI=1S/C9H16N5O6P/c1-11-6-7(12-9(10)13-8(6)16)14(2)3-5(15)4-20-21(17,18)19/h5,15H,1,3-4H2,2H3,(H2,17,18,19)(H3,10,12,13,16). The summed E-state index contributed by atoms with van der Waals surface area (Å²) in [6.07, 6.45) is -1.23. The second-order valence-corrected chi connectivity index (χ2v) is 5.34. The van der Waals surface area contributed by atoms with E-state index in [1.165, 1.54) is 11.9 Å². The molecule has 6 N–H and O–H groups in total. The number of rotatable bonds is 7. The van der Waals surface area contributed by atoms with Gasteiger partial charge in [0.15, 0.2) is 11.5 Å². The maximum atomic E-state index is 11.6. The van der Waals surface area contributed by atoms with Gasteiger partial charge in [-0.05, 0) is 6.72 Å². The maximum absolute atomic E-state index is 11.6. The maximum Gasteiger partial charge on any atom is 0.469 e. The minimum absolute atomic E-state index is 0.0708. The molecule has 0 saturated carbocycles. The molecule has 118 valence electrons. The summed E-state index contributed by atoms with van der Waals surface area (Å²) in [4.78, 5) is 39.7. The Hall–Kier alpha value is -1.78. The van der Waals surface area contributed by atoms with Crippen LogP contribution in [0, 0.1) is 0 Å². The van der Waals surface area contributed by atoms with E-state index in [4.69, 9.17) is 15.5 Å². The van der Waals surface area contributed by atoms with E-state index in [1.54, 1.807) is 0 Å². The number of H-pyrrole nitrogens is 1. The number of anilines is 2. The molecule has 0 aromatic carbocycles. The van der Waals surface area contributed by atoms with Gasteiger partial charge in [0.25, 0.3) is 5.56 Å². The van der Waals surface area contributed by atoms with E-state index in [0.29, 0.717) is 0 Å². The Morgan fingerprint density at radius 1 is 1.62 bits per heavy atom. The van der Waals surface area contributed by atoms with Crippen LogP contribution in [0.5, 0.6) is 0 Å². The third-order valence-electron chi connectivity index (χ3n) is 2.33. The minimum atomic E-state index is -4.66. The summed E-state index contributed by atoms with van der Waals surface area (Å²) in [5, 5.41) is 9.65. The number of likely N-dealkylation sites (N-methyl/N-ethyl adjacent to an activating group) is 1. The molecule has 1 aromatic rings. The number of aliphatic imine (C=N–C) groups is 1. The number of phosphoric acid groups is 1. The smallest absolute Gasteiger partial charge is 0.389 e. The second kappa shape index (κ2) is 6.78. The van der Waals surface area contributed by atoms with Crippen molar-refractivity contribution in [2.24, 2.45) is 4.99 Å². The van der Waals surface area contributed by atoms with Gasteiger partial charge in [-0.3, -0.25) is 19.3 Å². The van der Waals surface area contributed by atoms with Crippen molar-refractivity contribution < 1.29 is 24.0 Å². The average molecular weight is 321 g/mol. The molecule has 0 aliphatic rings. The molecule has 0 saturated heterocycles. The lowest BCUT2D eigenvalue weighted by atomic mass is 10.3. The fraction of sp³-hybridized carbons (Fsp3) is 0.444. The molecule has 0 fully saturated rings. The fourth-order valence-electron chi connectivity index (χ4n) is 1.52. The van der Waals surface area contributed by atoms with E-state index < -0.39 is 26.1 Å². The molecule has 0 radical (unpaired) electrons. The molecule has 21 heavy (non-hydrogen) atoms. The first-order valence-corrected chi connectivity index (χ1v) is 7.13. The van der Waals surface area contributed by atoms with Crippen molar-refractivity contribution in [2.75, 3.05) is 30.8 Å². The minimum Gasteiger partial charge on any atom is -0.389 e. The SMILES string of the molecule is C=Nc1c(N(C)CC(O)COP(=O)(O)O)nc(N)[nH]c1=O. The van der Waals surface area contributed by atoms with Crippen LogP contribution >= 0.6 is 7.82 Å². The highest BCUT2D eigenvalue weighted by Gasteiger charge is 2.20. The molecule has 0 aliphatic heterocycles. The zero-order valence-electron chi connectivity index (χ0n) is 11.1. The Bertz CT molecular complexity index is 613. The molecular formula is C9H16N5O6P. The number of nitrogens with two attached hydrogens (primary N) is 1. The quantitative estimate of drug-likeness (QED) is 0.298. The van der Waals surface area contributed by atoms with Crippen molar-refractivity contribution >= 4 is 32.0 Å². The van der Waals surface area contributed by atoms with Crippen LogP contribution in [0.25, 0.3) is 0 Å². The highest BCUT2D eigenvalue weighted by Crippen LogP contribution is 2.35. The number of aliphatic hydroxyl groups excluding tert-OH is 1. The summed E-state index contributed by atoms with van der Waals surface area (Å²) >= 11 is 0. The van der Waals surface area contributed by atoms with Crippen LogP contribution in [0.15, 0.2) is 9.79 Å². The molecule has 0 amide bonds. The summed E-state index contributed by atoms with van der Waals surface area (Å²) in [6, 6.07) is 0. The molecule has 1 atom stereocenters. The summed E-state index contributed by atoms with van der Waals surface area (Å²) in [5.74, 6) is -0.0725. The third-order valence-corrected chi connectivity index (χ3v) is 2.82. The molecular weight excluding hydrogens is 305 g/mol. The van der Waals surface area contributed by atoms with Gasteiger partial charge in [-0.15, -0.1) is 0 Å². The molecule has 11 nitrogen and oxygen atoms in total. The topological polar surface area (TPSA) is 174 Å². The van der Waals surface area contributed by atoms with Gasteiger partial charge in [-0.1, -0.05) is 0 Å². The highest BCUT2D eigenvalue weighted by atomic mass is 31.2. The molecule has 0 bridgehead atoms. The Kier molecular flexibility index (Phi) is 5.58. The predicted octanol–water partition coefficient (Wildman–Crippen LogP) is -1.41. The summed E-state index contributed by atoms with van der Waals surface area (Å²) < 4.78 is 14.7.